The van der Waals surface area contributed by atoms with Gasteiger partial charge in [0.25, 0.3) is 5.91 Å². The standard InChI is InChI=1S/C17H12ClFN2O2/c18-15-7-13(19)2-3-14(15)17(22)21-9-11-1-4-16(20-8-11)12-5-6-23-10-12/h1-8,10H,9H2,(H,21,22). The molecule has 0 radical (unpaired) electrons. The molecule has 116 valence electrons. The van der Waals surface area contributed by atoms with Gasteiger partial charge in [0.1, 0.15) is 5.82 Å². The van der Waals surface area contributed by atoms with Gasteiger partial charge in [-0.1, -0.05) is 17.7 Å². The Morgan fingerprint density at radius 2 is 2.13 bits per heavy atom. The van der Waals surface area contributed by atoms with Gasteiger partial charge in [0.05, 0.1) is 28.8 Å². The number of nitrogens with zero attached hydrogens (tertiary/aromatic N) is 1. The molecule has 1 N–H and O–H groups in total. The van der Waals surface area contributed by atoms with E-state index in [9.17, 15) is 9.18 Å². The molecule has 0 saturated carbocycles. The minimum Gasteiger partial charge on any atom is -0.472 e. The van der Waals surface area contributed by atoms with E-state index < -0.39 is 5.82 Å². The highest BCUT2D eigenvalue weighted by atomic mass is 35.5. The zero-order valence-electron chi connectivity index (χ0n) is 11.9. The molecule has 6 heteroatoms. The number of aromatic nitrogens is 1. The number of benzene rings is 1. The third-order valence-corrected chi connectivity index (χ3v) is 3.58. The lowest BCUT2D eigenvalue weighted by Gasteiger charge is -2.07. The van der Waals surface area contributed by atoms with Crippen LogP contribution in [0.25, 0.3) is 11.3 Å². The van der Waals surface area contributed by atoms with Crippen LogP contribution >= 0.6 is 11.6 Å². The molecule has 2 aromatic heterocycles. The van der Waals surface area contributed by atoms with Gasteiger partial charge in [-0.05, 0) is 35.9 Å². The summed E-state index contributed by atoms with van der Waals surface area (Å²) in [5, 5.41) is 2.80. The quantitative estimate of drug-likeness (QED) is 0.784. The molecule has 1 amide bonds. The molecular weight excluding hydrogens is 319 g/mol. The zero-order valence-corrected chi connectivity index (χ0v) is 12.7. The van der Waals surface area contributed by atoms with Gasteiger partial charge < -0.3 is 9.73 Å². The number of carbonyl (C=O) groups excluding carboxylic acids is 1. The highest BCUT2D eigenvalue weighted by molar-refractivity contribution is 6.33. The molecule has 3 rings (SSSR count). The highest BCUT2D eigenvalue weighted by Crippen LogP contribution is 2.18. The Balaban J connectivity index is 1.65. The van der Waals surface area contributed by atoms with Crippen molar-refractivity contribution >= 4 is 17.5 Å². The van der Waals surface area contributed by atoms with E-state index in [1.807, 2.05) is 18.2 Å². The zero-order chi connectivity index (χ0) is 16.2. The second-order valence-electron chi connectivity index (χ2n) is 4.87. The van der Waals surface area contributed by atoms with Crippen LogP contribution in [0.5, 0.6) is 0 Å². The van der Waals surface area contributed by atoms with Crippen molar-refractivity contribution in [3.05, 3.63) is 77.1 Å². The summed E-state index contributed by atoms with van der Waals surface area (Å²) < 4.78 is 18.0. The van der Waals surface area contributed by atoms with Crippen LogP contribution in [-0.4, -0.2) is 10.9 Å². The summed E-state index contributed by atoms with van der Waals surface area (Å²) in [4.78, 5) is 16.4. The van der Waals surface area contributed by atoms with E-state index in [2.05, 4.69) is 10.3 Å². The van der Waals surface area contributed by atoms with Crippen LogP contribution in [0.3, 0.4) is 0 Å². The molecule has 23 heavy (non-hydrogen) atoms. The minimum atomic E-state index is -0.481. The monoisotopic (exact) mass is 330 g/mol. The molecular formula is C17H12ClFN2O2. The number of rotatable bonds is 4. The first-order valence-corrected chi connectivity index (χ1v) is 7.22. The van der Waals surface area contributed by atoms with Crippen LogP contribution in [0.15, 0.2) is 59.5 Å². The summed E-state index contributed by atoms with van der Waals surface area (Å²) in [5.41, 5.74) is 2.74. The molecule has 0 spiro atoms. The number of nitrogens with one attached hydrogen (secondary N) is 1. The number of carbonyl (C=O) groups is 1. The van der Waals surface area contributed by atoms with Gasteiger partial charge in [-0.15, -0.1) is 0 Å². The summed E-state index contributed by atoms with van der Waals surface area (Å²) >= 11 is 5.86. The molecule has 1 aromatic carbocycles. The van der Waals surface area contributed by atoms with E-state index in [0.717, 1.165) is 22.9 Å². The van der Waals surface area contributed by atoms with Crippen molar-refractivity contribution in [2.24, 2.45) is 0 Å². The van der Waals surface area contributed by atoms with E-state index in [4.69, 9.17) is 16.0 Å². The molecule has 0 unspecified atom stereocenters. The Hall–Kier alpha value is -2.66. The highest BCUT2D eigenvalue weighted by Gasteiger charge is 2.11. The van der Waals surface area contributed by atoms with E-state index in [-0.39, 0.29) is 16.5 Å². The molecule has 0 saturated heterocycles. The Bertz CT molecular complexity index is 817. The number of furan rings is 1. The summed E-state index contributed by atoms with van der Waals surface area (Å²) in [5.74, 6) is -0.848. The molecule has 0 aliphatic rings. The van der Waals surface area contributed by atoms with Gasteiger partial charge in [-0.2, -0.15) is 0 Å². The summed E-state index contributed by atoms with van der Waals surface area (Å²) in [6, 6.07) is 9.19. The Labute approximate surface area is 136 Å². The molecule has 4 nitrogen and oxygen atoms in total. The lowest BCUT2D eigenvalue weighted by Crippen LogP contribution is -2.23. The maximum atomic E-state index is 13.0. The van der Waals surface area contributed by atoms with E-state index >= 15 is 0 Å². The fourth-order valence-electron chi connectivity index (χ4n) is 2.06. The van der Waals surface area contributed by atoms with Crippen molar-refractivity contribution in [3.8, 4) is 11.3 Å². The first-order valence-electron chi connectivity index (χ1n) is 6.84. The number of halogens is 2. The van der Waals surface area contributed by atoms with Gasteiger partial charge in [0.2, 0.25) is 0 Å². The van der Waals surface area contributed by atoms with Crippen LogP contribution in [0.2, 0.25) is 5.02 Å². The fraction of sp³-hybridized carbons (Fsp3) is 0.0588. The average Bonchev–Trinajstić information content (AvgIpc) is 3.07. The molecule has 0 aliphatic carbocycles. The van der Waals surface area contributed by atoms with Gasteiger partial charge in [-0.25, -0.2) is 4.39 Å². The topological polar surface area (TPSA) is 55.1 Å². The van der Waals surface area contributed by atoms with Gasteiger partial charge in [0.15, 0.2) is 0 Å². The van der Waals surface area contributed by atoms with Gasteiger partial charge >= 0.3 is 0 Å². The summed E-state index contributed by atoms with van der Waals surface area (Å²) in [6.07, 6.45) is 4.87. The molecule has 0 bridgehead atoms. The van der Waals surface area contributed by atoms with E-state index in [1.165, 1.54) is 12.1 Å². The minimum absolute atomic E-state index is 0.0796. The predicted molar refractivity (Wildman–Crippen MR) is 84.5 cm³/mol. The van der Waals surface area contributed by atoms with Crippen molar-refractivity contribution in [1.82, 2.24) is 10.3 Å². The second kappa shape index (κ2) is 6.62. The largest absolute Gasteiger partial charge is 0.472 e. The first-order chi connectivity index (χ1) is 11.1. The SMILES string of the molecule is O=C(NCc1ccc(-c2ccoc2)nc1)c1ccc(F)cc1Cl. The molecule has 0 atom stereocenters. The van der Waals surface area contributed by atoms with E-state index in [0.29, 0.717) is 6.54 Å². The smallest absolute Gasteiger partial charge is 0.253 e. The Morgan fingerprint density at radius 1 is 1.26 bits per heavy atom. The number of amides is 1. The van der Waals surface area contributed by atoms with Crippen molar-refractivity contribution in [2.45, 2.75) is 6.54 Å². The molecule has 0 fully saturated rings. The van der Waals surface area contributed by atoms with Crippen molar-refractivity contribution in [2.75, 3.05) is 0 Å². The van der Waals surface area contributed by atoms with Crippen LogP contribution in [0.1, 0.15) is 15.9 Å². The van der Waals surface area contributed by atoms with E-state index in [1.54, 1.807) is 18.7 Å². The van der Waals surface area contributed by atoms with Crippen molar-refractivity contribution < 1.29 is 13.6 Å². The van der Waals surface area contributed by atoms with Crippen LogP contribution in [-0.2, 0) is 6.54 Å². The van der Waals surface area contributed by atoms with Gasteiger partial charge in [-0.3, -0.25) is 9.78 Å². The Kier molecular flexibility index (Phi) is 4.39. The number of hydrogen-bond acceptors (Lipinski definition) is 3. The lowest BCUT2D eigenvalue weighted by molar-refractivity contribution is 0.0951. The third-order valence-electron chi connectivity index (χ3n) is 3.27. The number of hydrogen-bond donors (Lipinski definition) is 1. The second-order valence-corrected chi connectivity index (χ2v) is 5.28. The predicted octanol–water partition coefficient (Wildman–Crippen LogP) is 4.06. The normalized spacial score (nSPS) is 10.5. The van der Waals surface area contributed by atoms with Crippen LogP contribution in [0.4, 0.5) is 4.39 Å². The number of pyridine rings is 1. The van der Waals surface area contributed by atoms with Crippen molar-refractivity contribution in [1.29, 1.82) is 0 Å². The first kappa shape index (κ1) is 15.2. The Morgan fingerprint density at radius 3 is 2.78 bits per heavy atom. The average molecular weight is 331 g/mol. The molecule has 0 aliphatic heterocycles. The molecule has 3 aromatic rings. The van der Waals surface area contributed by atoms with Gasteiger partial charge in [0, 0.05) is 18.3 Å². The van der Waals surface area contributed by atoms with Crippen molar-refractivity contribution in [3.63, 3.8) is 0 Å². The lowest BCUT2D eigenvalue weighted by atomic mass is 10.1. The molecule has 2 heterocycles. The summed E-state index contributed by atoms with van der Waals surface area (Å²) in [6.45, 7) is 0.297. The maximum absolute atomic E-state index is 13.0. The fourth-order valence-corrected chi connectivity index (χ4v) is 2.31. The van der Waals surface area contributed by atoms with Crippen LogP contribution in [0, 0.1) is 5.82 Å². The maximum Gasteiger partial charge on any atom is 0.253 e. The van der Waals surface area contributed by atoms with Crippen LogP contribution < -0.4 is 5.32 Å². The summed E-state index contributed by atoms with van der Waals surface area (Å²) in [7, 11) is 0. The third kappa shape index (κ3) is 3.57.